The number of benzene rings is 1. The zero-order chi connectivity index (χ0) is 13.1. The average Bonchev–Trinajstić information content (AvgIpc) is 2.27. The third-order valence-electron chi connectivity index (χ3n) is 2.34. The first-order valence-electron chi connectivity index (χ1n) is 4.96. The molecule has 1 aromatic carbocycles. The fourth-order valence-electron chi connectivity index (χ4n) is 1.40. The molecule has 0 aliphatic carbocycles. The zero-order valence-corrected chi connectivity index (χ0v) is 9.22. The van der Waals surface area contributed by atoms with Gasteiger partial charge in [0.1, 0.15) is 5.75 Å². The zero-order valence-electron chi connectivity index (χ0n) is 9.22. The first-order chi connectivity index (χ1) is 7.88. The molecular weight excluding hydrogens is 238 g/mol. The van der Waals surface area contributed by atoms with E-state index in [1.165, 1.54) is 13.2 Å². The van der Waals surface area contributed by atoms with Gasteiger partial charge in [0.15, 0.2) is 0 Å². The molecule has 0 amide bonds. The van der Waals surface area contributed by atoms with Crippen molar-refractivity contribution >= 4 is 0 Å². The van der Waals surface area contributed by atoms with Crippen molar-refractivity contribution in [3.63, 3.8) is 0 Å². The lowest BCUT2D eigenvalue weighted by Crippen LogP contribution is -2.13. The van der Waals surface area contributed by atoms with Crippen LogP contribution in [-0.2, 0) is 6.18 Å². The van der Waals surface area contributed by atoms with Gasteiger partial charge in [-0.2, -0.15) is 13.2 Å². The molecule has 0 aliphatic rings. The van der Waals surface area contributed by atoms with Gasteiger partial charge in [0.05, 0.1) is 19.3 Å². The summed E-state index contributed by atoms with van der Waals surface area (Å²) in [4.78, 5) is 0. The van der Waals surface area contributed by atoms with Crippen LogP contribution in [-0.4, -0.2) is 13.8 Å². The second-order valence-corrected chi connectivity index (χ2v) is 3.58. The van der Waals surface area contributed by atoms with E-state index < -0.39 is 24.5 Å². The van der Waals surface area contributed by atoms with Crippen molar-refractivity contribution in [2.75, 3.05) is 13.8 Å². The van der Waals surface area contributed by atoms with E-state index in [4.69, 9.17) is 10.5 Å². The van der Waals surface area contributed by atoms with Crippen LogP contribution in [0.15, 0.2) is 18.2 Å². The summed E-state index contributed by atoms with van der Waals surface area (Å²) in [5.41, 5.74) is 4.95. The van der Waals surface area contributed by atoms with Crippen LogP contribution in [0, 0.1) is 0 Å². The molecule has 0 saturated heterocycles. The molecule has 0 aromatic heterocycles. The Hall–Kier alpha value is -1.30. The monoisotopic (exact) mass is 251 g/mol. The molecule has 0 heterocycles. The summed E-state index contributed by atoms with van der Waals surface area (Å²) in [5.74, 6) is 0.0594. The van der Waals surface area contributed by atoms with Gasteiger partial charge >= 0.3 is 6.18 Å². The minimum atomic E-state index is -4.47. The lowest BCUT2D eigenvalue weighted by molar-refractivity contribution is -0.137. The predicted octanol–water partition coefficient (Wildman–Crippen LogP) is 3.07. The van der Waals surface area contributed by atoms with Crippen molar-refractivity contribution in [2.24, 2.45) is 5.73 Å². The van der Waals surface area contributed by atoms with Crippen molar-refractivity contribution in [2.45, 2.75) is 18.6 Å². The molecular formula is C11H13F4NO. The van der Waals surface area contributed by atoms with Gasteiger partial charge in [-0.25, -0.2) is 0 Å². The summed E-state index contributed by atoms with van der Waals surface area (Å²) in [6, 6.07) is 2.42. The fraction of sp³-hybridized carbons (Fsp3) is 0.455. The molecule has 0 saturated carbocycles. The number of hydrogen-bond donors (Lipinski definition) is 1. The third kappa shape index (κ3) is 3.59. The Labute approximate surface area is 96.4 Å². The second kappa shape index (κ2) is 5.35. The predicted molar refractivity (Wildman–Crippen MR) is 55.5 cm³/mol. The quantitative estimate of drug-likeness (QED) is 0.834. The van der Waals surface area contributed by atoms with E-state index in [9.17, 15) is 17.6 Å². The van der Waals surface area contributed by atoms with Crippen molar-refractivity contribution in [3.05, 3.63) is 29.3 Å². The van der Waals surface area contributed by atoms with Crippen molar-refractivity contribution in [1.82, 2.24) is 0 Å². The first kappa shape index (κ1) is 13.8. The van der Waals surface area contributed by atoms with E-state index in [-0.39, 0.29) is 17.7 Å². The van der Waals surface area contributed by atoms with E-state index in [0.29, 0.717) is 0 Å². The standard InChI is InChI=1S/C11H13F4NO/c1-17-9-5-7(10(16)2-3-12)4-8(6-9)11(13,14)15/h4-6,10H,2-3,16H2,1H3/t10-/m1/s1. The second-order valence-electron chi connectivity index (χ2n) is 3.58. The maximum atomic E-state index is 12.6. The van der Waals surface area contributed by atoms with Gasteiger partial charge < -0.3 is 10.5 Å². The van der Waals surface area contributed by atoms with Gasteiger partial charge in [-0.05, 0) is 30.2 Å². The summed E-state index contributed by atoms with van der Waals surface area (Å²) < 4.78 is 54.6. The van der Waals surface area contributed by atoms with Crippen LogP contribution in [0.5, 0.6) is 5.75 Å². The van der Waals surface area contributed by atoms with Crippen molar-refractivity contribution in [1.29, 1.82) is 0 Å². The number of hydrogen-bond acceptors (Lipinski definition) is 2. The molecule has 0 spiro atoms. The average molecular weight is 251 g/mol. The van der Waals surface area contributed by atoms with Gasteiger partial charge in [-0.3, -0.25) is 4.39 Å². The molecule has 0 bridgehead atoms. The normalized spacial score (nSPS) is 13.5. The number of rotatable bonds is 4. The van der Waals surface area contributed by atoms with E-state index >= 15 is 0 Å². The van der Waals surface area contributed by atoms with Gasteiger partial charge in [-0.15, -0.1) is 0 Å². The molecule has 2 N–H and O–H groups in total. The Kier molecular flexibility index (Phi) is 4.34. The maximum Gasteiger partial charge on any atom is 0.416 e. The largest absolute Gasteiger partial charge is 0.497 e. The summed E-state index contributed by atoms with van der Waals surface area (Å²) in [7, 11) is 1.26. The van der Waals surface area contributed by atoms with Crippen LogP contribution in [0.3, 0.4) is 0 Å². The lowest BCUT2D eigenvalue weighted by Gasteiger charge is -2.15. The van der Waals surface area contributed by atoms with Crippen molar-refractivity contribution < 1.29 is 22.3 Å². The van der Waals surface area contributed by atoms with Crippen LogP contribution >= 0.6 is 0 Å². The molecule has 1 rings (SSSR count). The van der Waals surface area contributed by atoms with Crippen LogP contribution in [0.4, 0.5) is 17.6 Å². The van der Waals surface area contributed by atoms with E-state index in [0.717, 1.165) is 12.1 Å². The molecule has 1 atom stereocenters. The minimum absolute atomic E-state index is 0.0233. The summed E-state index contributed by atoms with van der Waals surface area (Å²) in [5, 5.41) is 0. The number of nitrogens with two attached hydrogens (primary N) is 1. The van der Waals surface area contributed by atoms with Crippen LogP contribution < -0.4 is 10.5 Å². The third-order valence-corrected chi connectivity index (χ3v) is 2.34. The number of halogens is 4. The molecule has 0 radical (unpaired) electrons. The van der Waals surface area contributed by atoms with Gasteiger partial charge in [-0.1, -0.05) is 0 Å². The van der Waals surface area contributed by atoms with Gasteiger partial charge in [0, 0.05) is 6.04 Å². The van der Waals surface area contributed by atoms with Crippen LogP contribution in [0.25, 0.3) is 0 Å². The van der Waals surface area contributed by atoms with E-state index in [2.05, 4.69) is 0 Å². The topological polar surface area (TPSA) is 35.2 Å². The highest BCUT2D eigenvalue weighted by Crippen LogP contribution is 2.34. The highest BCUT2D eigenvalue weighted by atomic mass is 19.4. The molecule has 0 unspecified atom stereocenters. The molecule has 1 aromatic rings. The Morgan fingerprint density at radius 1 is 1.29 bits per heavy atom. The van der Waals surface area contributed by atoms with E-state index in [1.807, 2.05) is 0 Å². The molecule has 0 fully saturated rings. The SMILES string of the molecule is COc1cc([C@H](N)CCF)cc(C(F)(F)F)c1. The smallest absolute Gasteiger partial charge is 0.416 e. The highest BCUT2D eigenvalue weighted by Gasteiger charge is 2.31. The maximum absolute atomic E-state index is 12.6. The Bertz CT molecular complexity index is 378. The lowest BCUT2D eigenvalue weighted by atomic mass is 10.0. The van der Waals surface area contributed by atoms with Crippen LogP contribution in [0.2, 0.25) is 0 Å². The number of ether oxygens (including phenoxy) is 1. The molecule has 96 valence electrons. The Balaban J connectivity index is 3.14. The summed E-state index contributed by atoms with van der Waals surface area (Å²) >= 11 is 0. The van der Waals surface area contributed by atoms with Gasteiger partial charge in [0.2, 0.25) is 0 Å². The van der Waals surface area contributed by atoms with Gasteiger partial charge in [0.25, 0.3) is 0 Å². The molecule has 6 heteroatoms. The molecule has 0 aliphatic heterocycles. The molecule has 17 heavy (non-hydrogen) atoms. The van der Waals surface area contributed by atoms with E-state index in [1.54, 1.807) is 0 Å². The highest BCUT2D eigenvalue weighted by molar-refractivity contribution is 5.37. The van der Waals surface area contributed by atoms with Crippen LogP contribution in [0.1, 0.15) is 23.6 Å². The Morgan fingerprint density at radius 2 is 1.94 bits per heavy atom. The van der Waals surface area contributed by atoms with Crippen molar-refractivity contribution in [3.8, 4) is 5.75 Å². The molecule has 2 nitrogen and oxygen atoms in total. The summed E-state index contributed by atoms with van der Waals surface area (Å²) in [6.07, 6.45) is -4.50. The summed E-state index contributed by atoms with van der Waals surface area (Å²) in [6.45, 7) is -0.681. The first-order valence-corrected chi connectivity index (χ1v) is 4.96. The number of alkyl halides is 4. The minimum Gasteiger partial charge on any atom is -0.497 e. The number of methoxy groups -OCH3 is 1. The fourth-order valence-corrected chi connectivity index (χ4v) is 1.40. The Morgan fingerprint density at radius 3 is 2.41 bits per heavy atom.